The molecule has 0 unspecified atom stereocenters. The molecular formula is C11H16Cl2FN. The number of benzene rings is 1. The third-order valence-corrected chi connectivity index (χ3v) is 2.46. The van der Waals surface area contributed by atoms with Gasteiger partial charge in [0.15, 0.2) is 0 Å². The van der Waals surface area contributed by atoms with Crippen molar-refractivity contribution in [3.05, 3.63) is 34.6 Å². The lowest BCUT2D eigenvalue weighted by atomic mass is 10.0. The Morgan fingerprint density at radius 3 is 2.73 bits per heavy atom. The standard InChI is InChI=1S/C11H15ClFN.ClH/c1-2-3-4-11(14)9-7-8(12)5-6-10(9)13;/h5-7,11H,2-4,14H2,1H3;1H/t11-;/m1./s1. The Morgan fingerprint density at radius 2 is 2.13 bits per heavy atom. The fourth-order valence-corrected chi connectivity index (χ4v) is 1.56. The first-order valence-electron chi connectivity index (χ1n) is 4.85. The minimum absolute atomic E-state index is 0. The maximum absolute atomic E-state index is 13.3. The molecule has 1 aromatic rings. The van der Waals surface area contributed by atoms with Gasteiger partial charge in [-0.2, -0.15) is 0 Å². The van der Waals surface area contributed by atoms with Crippen LogP contribution in [-0.4, -0.2) is 0 Å². The van der Waals surface area contributed by atoms with Crippen molar-refractivity contribution in [1.29, 1.82) is 0 Å². The van der Waals surface area contributed by atoms with Crippen LogP contribution in [0.25, 0.3) is 0 Å². The van der Waals surface area contributed by atoms with E-state index >= 15 is 0 Å². The van der Waals surface area contributed by atoms with Gasteiger partial charge >= 0.3 is 0 Å². The minimum atomic E-state index is -0.266. The summed E-state index contributed by atoms with van der Waals surface area (Å²) in [5, 5.41) is 0.536. The molecule has 15 heavy (non-hydrogen) atoms. The molecular weight excluding hydrogens is 236 g/mol. The van der Waals surface area contributed by atoms with Crippen molar-refractivity contribution in [2.45, 2.75) is 32.2 Å². The average Bonchev–Trinajstić information content (AvgIpc) is 2.18. The monoisotopic (exact) mass is 251 g/mol. The summed E-state index contributed by atoms with van der Waals surface area (Å²) in [7, 11) is 0. The van der Waals surface area contributed by atoms with Crippen molar-refractivity contribution < 1.29 is 4.39 Å². The highest BCUT2D eigenvalue weighted by Gasteiger charge is 2.10. The van der Waals surface area contributed by atoms with Crippen molar-refractivity contribution in [1.82, 2.24) is 0 Å². The number of rotatable bonds is 4. The molecule has 0 aliphatic heterocycles. The van der Waals surface area contributed by atoms with E-state index in [9.17, 15) is 4.39 Å². The van der Waals surface area contributed by atoms with Gasteiger partial charge in [0.25, 0.3) is 0 Å². The molecule has 0 spiro atoms. The van der Waals surface area contributed by atoms with Crippen LogP contribution in [0.15, 0.2) is 18.2 Å². The topological polar surface area (TPSA) is 26.0 Å². The third kappa shape index (κ3) is 4.37. The molecule has 0 saturated heterocycles. The van der Waals surface area contributed by atoms with E-state index in [2.05, 4.69) is 6.92 Å². The summed E-state index contributed by atoms with van der Waals surface area (Å²) in [6.45, 7) is 2.08. The molecule has 86 valence electrons. The number of halogens is 3. The average molecular weight is 252 g/mol. The van der Waals surface area contributed by atoms with E-state index < -0.39 is 0 Å². The van der Waals surface area contributed by atoms with E-state index in [4.69, 9.17) is 17.3 Å². The maximum atomic E-state index is 13.3. The lowest BCUT2D eigenvalue weighted by Crippen LogP contribution is -2.11. The Bertz CT molecular complexity index is 305. The van der Waals surface area contributed by atoms with Gasteiger partial charge in [-0.25, -0.2) is 4.39 Å². The minimum Gasteiger partial charge on any atom is -0.324 e. The van der Waals surface area contributed by atoms with Crippen LogP contribution in [0.5, 0.6) is 0 Å². The van der Waals surface area contributed by atoms with Crippen molar-refractivity contribution in [2.24, 2.45) is 5.73 Å². The highest BCUT2D eigenvalue weighted by Crippen LogP contribution is 2.23. The molecule has 0 aliphatic carbocycles. The molecule has 0 amide bonds. The van der Waals surface area contributed by atoms with E-state index in [1.54, 1.807) is 6.07 Å². The van der Waals surface area contributed by atoms with Crippen LogP contribution in [0.1, 0.15) is 37.8 Å². The van der Waals surface area contributed by atoms with Crippen LogP contribution in [0.3, 0.4) is 0 Å². The normalized spacial score (nSPS) is 12.0. The SMILES string of the molecule is CCCC[C@@H](N)c1cc(Cl)ccc1F.Cl. The van der Waals surface area contributed by atoms with E-state index in [-0.39, 0.29) is 24.3 Å². The smallest absolute Gasteiger partial charge is 0.128 e. The second-order valence-corrected chi connectivity index (χ2v) is 3.85. The lowest BCUT2D eigenvalue weighted by molar-refractivity contribution is 0.548. The largest absolute Gasteiger partial charge is 0.324 e. The van der Waals surface area contributed by atoms with Crippen LogP contribution in [0.4, 0.5) is 4.39 Å². The molecule has 1 atom stereocenters. The van der Waals surface area contributed by atoms with Gasteiger partial charge in [0, 0.05) is 16.6 Å². The summed E-state index contributed by atoms with van der Waals surface area (Å²) in [4.78, 5) is 0. The summed E-state index contributed by atoms with van der Waals surface area (Å²) >= 11 is 5.77. The summed E-state index contributed by atoms with van der Waals surface area (Å²) in [5.41, 5.74) is 6.37. The van der Waals surface area contributed by atoms with Crippen LogP contribution in [-0.2, 0) is 0 Å². The van der Waals surface area contributed by atoms with E-state index in [1.165, 1.54) is 12.1 Å². The Labute approximate surface area is 101 Å². The van der Waals surface area contributed by atoms with Gasteiger partial charge in [-0.1, -0.05) is 31.4 Å². The number of nitrogens with two attached hydrogens (primary N) is 1. The van der Waals surface area contributed by atoms with E-state index in [0.717, 1.165) is 19.3 Å². The fourth-order valence-electron chi connectivity index (χ4n) is 1.38. The molecule has 2 N–H and O–H groups in total. The van der Waals surface area contributed by atoms with E-state index in [1.807, 2.05) is 0 Å². The second-order valence-electron chi connectivity index (χ2n) is 3.41. The maximum Gasteiger partial charge on any atom is 0.128 e. The Morgan fingerprint density at radius 1 is 1.47 bits per heavy atom. The molecule has 0 radical (unpaired) electrons. The highest BCUT2D eigenvalue weighted by atomic mass is 35.5. The number of hydrogen-bond donors (Lipinski definition) is 1. The van der Waals surface area contributed by atoms with Gasteiger partial charge in [0.2, 0.25) is 0 Å². The molecule has 1 rings (SSSR count). The molecule has 1 nitrogen and oxygen atoms in total. The zero-order valence-electron chi connectivity index (χ0n) is 8.67. The zero-order valence-corrected chi connectivity index (χ0v) is 10.2. The Hall–Kier alpha value is -0.310. The van der Waals surface area contributed by atoms with Crippen LogP contribution in [0.2, 0.25) is 5.02 Å². The summed E-state index contributed by atoms with van der Waals surface area (Å²) in [6, 6.07) is 4.27. The van der Waals surface area contributed by atoms with Crippen molar-refractivity contribution in [3.63, 3.8) is 0 Å². The van der Waals surface area contributed by atoms with Crippen LogP contribution >= 0.6 is 24.0 Å². The molecule has 0 saturated carbocycles. The van der Waals surface area contributed by atoms with Crippen LogP contribution < -0.4 is 5.73 Å². The first-order valence-corrected chi connectivity index (χ1v) is 5.23. The molecule has 0 heterocycles. The second kappa shape index (κ2) is 7.04. The fraction of sp³-hybridized carbons (Fsp3) is 0.455. The summed E-state index contributed by atoms with van der Waals surface area (Å²) in [6.07, 6.45) is 2.87. The van der Waals surface area contributed by atoms with Gasteiger partial charge in [-0.3, -0.25) is 0 Å². The first-order chi connectivity index (χ1) is 6.65. The molecule has 1 aromatic carbocycles. The summed E-state index contributed by atoms with van der Waals surface area (Å²) < 4.78 is 13.3. The van der Waals surface area contributed by atoms with Crippen molar-refractivity contribution in [2.75, 3.05) is 0 Å². The zero-order chi connectivity index (χ0) is 10.6. The Balaban J connectivity index is 0.00000196. The first kappa shape index (κ1) is 14.7. The molecule has 0 fully saturated rings. The van der Waals surface area contributed by atoms with Gasteiger partial charge in [0.1, 0.15) is 5.82 Å². The number of unbranched alkanes of at least 4 members (excludes halogenated alkanes) is 1. The lowest BCUT2D eigenvalue weighted by Gasteiger charge is -2.12. The quantitative estimate of drug-likeness (QED) is 0.858. The highest BCUT2D eigenvalue weighted by molar-refractivity contribution is 6.30. The summed E-state index contributed by atoms with van der Waals surface area (Å²) in [5.74, 6) is -0.266. The van der Waals surface area contributed by atoms with Gasteiger partial charge in [-0.15, -0.1) is 12.4 Å². The van der Waals surface area contributed by atoms with Gasteiger partial charge in [0.05, 0.1) is 0 Å². The molecule has 0 aromatic heterocycles. The predicted octanol–water partition coefficient (Wildman–Crippen LogP) is 4.09. The predicted molar refractivity (Wildman–Crippen MR) is 65.1 cm³/mol. The van der Waals surface area contributed by atoms with E-state index in [0.29, 0.717) is 10.6 Å². The Kier molecular flexibility index (Phi) is 6.90. The third-order valence-electron chi connectivity index (χ3n) is 2.23. The number of hydrogen-bond acceptors (Lipinski definition) is 1. The van der Waals surface area contributed by atoms with Crippen molar-refractivity contribution in [3.8, 4) is 0 Å². The van der Waals surface area contributed by atoms with Crippen LogP contribution in [0, 0.1) is 5.82 Å². The van der Waals surface area contributed by atoms with Crippen molar-refractivity contribution >= 4 is 24.0 Å². The van der Waals surface area contributed by atoms with Gasteiger partial charge < -0.3 is 5.73 Å². The molecule has 0 aliphatic rings. The van der Waals surface area contributed by atoms with Gasteiger partial charge in [-0.05, 0) is 24.6 Å². The molecule has 4 heteroatoms. The molecule has 0 bridgehead atoms.